The lowest BCUT2D eigenvalue weighted by molar-refractivity contribution is 0.0939. The van der Waals surface area contributed by atoms with E-state index in [2.05, 4.69) is 5.32 Å². The average Bonchev–Trinajstić information content (AvgIpc) is 2.55. The number of halogens is 2. The lowest BCUT2D eigenvalue weighted by Crippen LogP contribution is -2.28. The van der Waals surface area contributed by atoms with Crippen LogP contribution in [0.5, 0.6) is 0 Å². The summed E-state index contributed by atoms with van der Waals surface area (Å²) in [5, 5.41) is 2.67. The van der Waals surface area contributed by atoms with Crippen LogP contribution in [0.2, 0.25) is 5.02 Å². The minimum atomic E-state index is -3.79. The SMILES string of the molecule is CC(NC(=O)c1ccc(Cl)c(S(=O)(=O)N(C)C)c1)c1ccccc1F. The van der Waals surface area contributed by atoms with Crippen LogP contribution in [0, 0.1) is 5.82 Å². The lowest BCUT2D eigenvalue weighted by atomic mass is 10.1. The number of hydrogen-bond acceptors (Lipinski definition) is 3. The molecule has 1 unspecified atom stereocenters. The number of carbonyl (C=O) groups is 1. The van der Waals surface area contributed by atoms with Crippen LogP contribution in [0.4, 0.5) is 4.39 Å². The van der Waals surface area contributed by atoms with Gasteiger partial charge in [0.1, 0.15) is 10.7 Å². The van der Waals surface area contributed by atoms with Gasteiger partial charge in [-0.3, -0.25) is 4.79 Å². The van der Waals surface area contributed by atoms with E-state index < -0.39 is 27.8 Å². The largest absolute Gasteiger partial charge is 0.345 e. The minimum absolute atomic E-state index is 0.0207. The molecular weight excluding hydrogens is 367 g/mol. The van der Waals surface area contributed by atoms with Gasteiger partial charge in [-0.2, -0.15) is 0 Å². The van der Waals surface area contributed by atoms with Crippen LogP contribution in [-0.4, -0.2) is 32.7 Å². The predicted octanol–water partition coefficient (Wildman–Crippen LogP) is 3.22. The minimum Gasteiger partial charge on any atom is -0.345 e. The zero-order chi connectivity index (χ0) is 18.8. The van der Waals surface area contributed by atoms with Crippen molar-refractivity contribution in [2.45, 2.75) is 17.9 Å². The highest BCUT2D eigenvalue weighted by atomic mass is 35.5. The fraction of sp³-hybridized carbons (Fsp3) is 0.235. The Labute approximate surface area is 151 Å². The van der Waals surface area contributed by atoms with Crippen LogP contribution in [0.15, 0.2) is 47.4 Å². The Hall–Kier alpha value is -1.96. The second-order valence-electron chi connectivity index (χ2n) is 5.65. The van der Waals surface area contributed by atoms with Crippen LogP contribution in [0.25, 0.3) is 0 Å². The van der Waals surface area contributed by atoms with Gasteiger partial charge in [-0.25, -0.2) is 17.1 Å². The van der Waals surface area contributed by atoms with E-state index in [0.717, 1.165) is 4.31 Å². The Balaban J connectivity index is 2.30. The van der Waals surface area contributed by atoms with E-state index in [1.54, 1.807) is 25.1 Å². The Bertz CT molecular complexity index is 901. The van der Waals surface area contributed by atoms with Crippen molar-refractivity contribution in [1.29, 1.82) is 0 Å². The van der Waals surface area contributed by atoms with Crippen molar-refractivity contribution in [3.8, 4) is 0 Å². The highest BCUT2D eigenvalue weighted by Gasteiger charge is 2.23. The first-order valence-corrected chi connectivity index (χ1v) is 9.23. The van der Waals surface area contributed by atoms with E-state index in [0.29, 0.717) is 5.56 Å². The average molecular weight is 385 g/mol. The van der Waals surface area contributed by atoms with Crippen LogP contribution < -0.4 is 5.32 Å². The number of amides is 1. The molecule has 0 aliphatic rings. The Morgan fingerprint density at radius 2 is 1.84 bits per heavy atom. The van der Waals surface area contributed by atoms with Gasteiger partial charge in [0.15, 0.2) is 0 Å². The molecule has 0 spiro atoms. The third kappa shape index (κ3) is 4.18. The van der Waals surface area contributed by atoms with E-state index in [1.165, 1.54) is 38.4 Å². The molecule has 0 saturated heterocycles. The third-order valence-electron chi connectivity index (χ3n) is 3.67. The molecule has 1 amide bonds. The van der Waals surface area contributed by atoms with Gasteiger partial charge in [-0.1, -0.05) is 29.8 Å². The van der Waals surface area contributed by atoms with Crippen molar-refractivity contribution in [2.24, 2.45) is 0 Å². The van der Waals surface area contributed by atoms with Crippen LogP contribution >= 0.6 is 11.6 Å². The third-order valence-corrected chi connectivity index (χ3v) is 5.97. The second kappa shape index (κ2) is 7.51. The summed E-state index contributed by atoms with van der Waals surface area (Å²) in [4.78, 5) is 12.3. The van der Waals surface area contributed by atoms with E-state index in [4.69, 9.17) is 11.6 Å². The molecule has 2 rings (SSSR count). The first-order valence-electron chi connectivity index (χ1n) is 7.42. The number of rotatable bonds is 5. The fourth-order valence-electron chi connectivity index (χ4n) is 2.22. The Kier molecular flexibility index (Phi) is 5.82. The summed E-state index contributed by atoms with van der Waals surface area (Å²) < 4.78 is 39.4. The molecule has 0 radical (unpaired) electrons. The zero-order valence-electron chi connectivity index (χ0n) is 14.0. The molecule has 2 aromatic carbocycles. The molecule has 0 aliphatic heterocycles. The fourth-order valence-corrected chi connectivity index (χ4v) is 3.62. The van der Waals surface area contributed by atoms with Crippen molar-refractivity contribution >= 4 is 27.5 Å². The van der Waals surface area contributed by atoms with Crippen LogP contribution in [-0.2, 0) is 10.0 Å². The maximum absolute atomic E-state index is 13.8. The van der Waals surface area contributed by atoms with Gasteiger partial charge in [0.2, 0.25) is 10.0 Å². The van der Waals surface area contributed by atoms with Gasteiger partial charge >= 0.3 is 0 Å². The summed E-state index contributed by atoms with van der Waals surface area (Å²) in [6, 6.07) is 9.50. The van der Waals surface area contributed by atoms with Gasteiger partial charge in [0.25, 0.3) is 5.91 Å². The zero-order valence-corrected chi connectivity index (χ0v) is 15.5. The predicted molar refractivity (Wildman–Crippen MR) is 94.6 cm³/mol. The highest BCUT2D eigenvalue weighted by Crippen LogP contribution is 2.25. The van der Waals surface area contributed by atoms with Gasteiger partial charge in [0.05, 0.1) is 11.1 Å². The number of nitrogens with one attached hydrogen (secondary N) is 1. The summed E-state index contributed by atoms with van der Waals surface area (Å²) >= 11 is 5.96. The molecule has 0 aromatic heterocycles. The number of benzene rings is 2. The maximum atomic E-state index is 13.8. The van der Waals surface area contributed by atoms with Crippen LogP contribution in [0.3, 0.4) is 0 Å². The summed E-state index contributed by atoms with van der Waals surface area (Å²) in [6.45, 7) is 1.64. The first kappa shape index (κ1) is 19.4. The van der Waals surface area contributed by atoms with Crippen molar-refractivity contribution in [3.63, 3.8) is 0 Å². The summed E-state index contributed by atoms with van der Waals surface area (Å²) in [5.74, 6) is -0.954. The van der Waals surface area contributed by atoms with Gasteiger partial charge in [-0.05, 0) is 31.2 Å². The monoisotopic (exact) mass is 384 g/mol. The van der Waals surface area contributed by atoms with Gasteiger partial charge < -0.3 is 5.32 Å². The Morgan fingerprint density at radius 1 is 1.20 bits per heavy atom. The van der Waals surface area contributed by atoms with Gasteiger partial charge in [0, 0.05) is 25.2 Å². The molecule has 0 bridgehead atoms. The second-order valence-corrected chi connectivity index (χ2v) is 8.18. The van der Waals surface area contributed by atoms with E-state index in [1.807, 2.05) is 0 Å². The molecule has 25 heavy (non-hydrogen) atoms. The molecule has 0 fully saturated rings. The molecular formula is C17H18ClFN2O3S. The molecule has 8 heteroatoms. The number of nitrogens with zero attached hydrogens (tertiary/aromatic N) is 1. The Morgan fingerprint density at radius 3 is 2.44 bits per heavy atom. The molecule has 0 heterocycles. The quantitative estimate of drug-likeness (QED) is 0.860. The molecule has 2 aromatic rings. The molecule has 1 atom stereocenters. The molecule has 134 valence electrons. The summed E-state index contributed by atoms with van der Waals surface area (Å²) in [6.07, 6.45) is 0. The molecule has 0 saturated carbocycles. The van der Waals surface area contributed by atoms with E-state index in [-0.39, 0.29) is 15.5 Å². The van der Waals surface area contributed by atoms with E-state index in [9.17, 15) is 17.6 Å². The number of sulfonamides is 1. The lowest BCUT2D eigenvalue weighted by Gasteiger charge is -2.17. The maximum Gasteiger partial charge on any atom is 0.251 e. The van der Waals surface area contributed by atoms with Crippen molar-refractivity contribution < 1.29 is 17.6 Å². The summed E-state index contributed by atoms with van der Waals surface area (Å²) in [7, 11) is -1.04. The first-order chi connectivity index (χ1) is 11.6. The number of carbonyl (C=O) groups excluding carboxylic acids is 1. The highest BCUT2D eigenvalue weighted by molar-refractivity contribution is 7.89. The molecule has 1 N–H and O–H groups in total. The molecule has 5 nitrogen and oxygen atoms in total. The van der Waals surface area contributed by atoms with Crippen molar-refractivity contribution in [3.05, 3.63) is 64.4 Å². The smallest absolute Gasteiger partial charge is 0.251 e. The van der Waals surface area contributed by atoms with Crippen molar-refractivity contribution in [1.82, 2.24) is 9.62 Å². The standard InChI is InChI=1S/C17H18ClFN2O3S/c1-11(13-6-4-5-7-15(13)19)20-17(22)12-8-9-14(18)16(10-12)25(23,24)21(2)3/h4-11H,1-3H3,(H,20,22). The number of hydrogen-bond donors (Lipinski definition) is 1. The van der Waals surface area contributed by atoms with Crippen molar-refractivity contribution in [2.75, 3.05) is 14.1 Å². The molecule has 0 aliphatic carbocycles. The summed E-state index contributed by atoms with van der Waals surface area (Å²) in [5.41, 5.74) is 0.457. The van der Waals surface area contributed by atoms with Gasteiger partial charge in [-0.15, -0.1) is 0 Å². The normalized spacial score (nSPS) is 12.9. The van der Waals surface area contributed by atoms with E-state index >= 15 is 0 Å². The van der Waals surface area contributed by atoms with Crippen LogP contribution in [0.1, 0.15) is 28.9 Å². The topological polar surface area (TPSA) is 66.5 Å².